The Morgan fingerprint density at radius 2 is 2.00 bits per heavy atom. The first-order valence-corrected chi connectivity index (χ1v) is 11.7. The molecule has 1 aromatic heterocycles. The number of phenols is 1. The Morgan fingerprint density at radius 3 is 2.71 bits per heavy atom. The van der Waals surface area contributed by atoms with Crippen molar-refractivity contribution in [3.05, 3.63) is 53.0 Å². The molecule has 1 aliphatic rings. The fourth-order valence-electron chi connectivity index (χ4n) is 3.62. The van der Waals surface area contributed by atoms with Gasteiger partial charge in [-0.25, -0.2) is 0 Å². The zero-order chi connectivity index (χ0) is 24.6. The van der Waals surface area contributed by atoms with E-state index in [9.17, 15) is 14.5 Å². The average molecular weight is 486 g/mol. The maximum atomic E-state index is 12.4. The van der Waals surface area contributed by atoms with Crippen molar-refractivity contribution in [1.29, 1.82) is 0 Å². The van der Waals surface area contributed by atoms with Crippen LogP contribution in [0.3, 0.4) is 0 Å². The van der Waals surface area contributed by atoms with Crippen LogP contribution in [0.4, 0.5) is 11.5 Å². The van der Waals surface area contributed by atoms with E-state index in [0.717, 1.165) is 5.56 Å². The molecule has 180 valence electrons. The van der Waals surface area contributed by atoms with Gasteiger partial charge in [-0.05, 0) is 35.2 Å². The van der Waals surface area contributed by atoms with Crippen LogP contribution in [0.1, 0.15) is 42.7 Å². The number of aromatic hydroxyl groups is 1. The summed E-state index contributed by atoms with van der Waals surface area (Å²) in [5, 5.41) is 13.6. The third kappa shape index (κ3) is 4.70. The number of aromatic nitrogens is 2. The molecular formula is C23H27N5O5S. The Labute approximate surface area is 200 Å². The van der Waals surface area contributed by atoms with Gasteiger partial charge in [0.05, 0.1) is 17.3 Å². The van der Waals surface area contributed by atoms with Crippen LogP contribution in [0.5, 0.6) is 17.2 Å². The molecule has 0 saturated heterocycles. The van der Waals surface area contributed by atoms with Crippen molar-refractivity contribution in [3.8, 4) is 17.2 Å². The zero-order valence-electron chi connectivity index (χ0n) is 19.6. The first-order valence-electron chi connectivity index (χ1n) is 10.6. The molecule has 0 spiro atoms. The van der Waals surface area contributed by atoms with E-state index in [1.807, 2.05) is 39.0 Å². The number of fused-ring (bicyclic) bond motifs is 1. The van der Waals surface area contributed by atoms with Crippen LogP contribution in [-0.4, -0.2) is 50.1 Å². The fraction of sp³-hybridized carbons (Fsp3) is 0.348. The molecule has 2 aromatic carbocycles. The summed E-state index contributed by atoms with van der Waals surface area (Å²) in [7, 11) is 3.20. The normalized spacial score (nSPS) is 14.8. The molecule has 0 fully saturated rings. The SMILES string of the molecule is CN(C)C(=O)c1cccc(Nc2n[s+]([O-])[nH]c2=NC(c2ccc3c(c2)OCO3)C(C)(C)C)c1O. The summed E-state index contributed by atoms with van der Waals surface area (Å²) in [6.45, 7) is 6.31. The molecule has 3 N–H and O–H groups in total. The van der Waals surface area contributed by atoms with Gasteiger partial charge in [0, 0.05) is 18.5 Å². The molecule has 2 atom stereocenters. The number of nitrogens with zero attached hydrogens (tertiary/aromatic N) is 3. The minimum Gasteiger partial charge on any atom is -0.548 e. The van der Waals surface area contributed by atoms with Crippen LogP contribution in [0.25, 0.3) is 0 Å². The third-order valence-electron chi connectivity index (χ3n) is 5.30. The zero-order valence-corrected chi connectivity index (χ0v) is 20.4. The van der Waals surface area contributed by atoms with E-state index in [1.165, 1.54) is 11.0 Å². The number of para-hydroxylation sites is 1. The summed E-state index contributed by atoms with van der Waals surface area (Å²) in [6, 6.07) is 10.1. The highest BCUT2D eigenvalue weighted by atomic mass is 32.2. The predicted molar refractivity (Wildman–Crippen MR) is 127 cm³/mol. The number of ether oxygens (including phenoxy) is 2. The predicted octanol–water partition coefficient (Wildman–Crippen LogP) is 3.71. The van der Waals surface area contributed by atoms with Gasteiger partial charge in [0.1, 0.15) is 0 Å². The first kappa shape index (κ1) is 23.6. The smallest absolute Gasteiger partial charge is 0.257 e. The lowest BCUT2D eigenvalue weighted by Gasteiger charge is -2.27. The lowest BCUT2D eigenvalue weighted by Crippen LogP contribution is -2.22. The van der Waals surface area contributed by atoms with Crippen LogP contribution >= 0.6 is 11.1 Å². The molecule has 0 bridgehead atoms. The average Bonchev–Trinajstić information content (AvgIpc) is 3.37. The van der Waals surface area contributed by atoms with E-state index >= 15 is 0 Å². The number of nitrogens with one attached hydrogen (secondary N) is 2. The van der Waals surface area contributed by atoms with Crippen LogP contribution in [0, 0.1) is 5.41 Å². The molecule has 4 rings (SSSR count). The Bertz CT molecular complexity index is 1290. The number of hydrogen-bond donors (Lipinski definition) is 3. The molecule has 0 aliphatic carbocycles. The van der Waals surface area contributed by atoms with Crippen molar-refractivity contribution in [2.45, 2.75) is 26.8 Å². The van der Waals surface area contributed by atoms with Crippen molar-refractivity contribution in [2.24, 2.45) is 10.4 Å². The van der Waals surface area contributed by atoms with E-state index in [-0.39, 0.29) is 52.5 Å². The molecule has 11 heteroatoms. The van der Waals surface area contributed by atoms with Gasteiger partial charge in [0.25, 0.3) is 5.91 Å². The number of carbonyl (C=O) groups is 1. The van der Waals surface area contributed by atoms with Crippen molar-refractivity contribution < 1.29 is 23.9 Å². The lowest BCUT2D eigenvalue weighted by molar-refractivity contribution is 0.0824. The second-order valence-electron chi connectivity index (χ2n) is 9.18. The highest BCUT2D eigenvalue weighted by Crippen LogP contribution is 2.41. The second kappa shape index (κ2) is 8.99. The fourth-order valence-corrected chi connectivity index (χ4v) is 4.27. The standard InChI is InChI=1S/C23H27N5O5S/c1-23(2,3)19(13-9-10-16-17(11-13)33-12-32-16)25-21-20(26-34(31)27-21)24-15-8-6-7-14(18(15)29)22(30)28(4)5/h6-11,19,29H,12H2,1-5H3,(H,24,26)(H,25,27). The van der Waals surface area contributed by atoms with Gasteiger partial charge in [-0.1, -0.05) is 32.9 Å². The number of rotatable bonds is 5. The van der Waals surface area contributed by atoms with Gasteiger partial charge in [0.15, 0.2) is 28.4 Å². The van der Waals surface area contributed by atoms with Crippen LogP contribution in [-0.2, 0) is 0 Å². The highest BCUT2D eigenvalue weighted by molar-refractivity contribution is 7.13. The van der Waals surface area contributed by atoms with Crippen molar-refractivity contribution in [3.63, 3.8) is 0 Å². The van der Waals surface area contributed by atoms with E-state index in [2.05, 4.69) is 14.1 Å². The summed E-state index contributed by atoms with van der Waals surface area (Å²) in [5.41, 5.74) is 1.24. The van der Waals surface area contributed by atoms with Gasteiger partial charge in [-0.2, -0.15) is 0 Å². The number of anilines is 2. The number of aromatic amines is 1. The molecule has 0 radical (unpaired) electrons. The molecule has 3 aromatic rings. The van der Waals surface area contributed by atoms with E-state index in [0.29, 0.717) is 11.5 Å². The van der Waals surface area contributed by atoms with Crippen molar-refractivity contribution in [1.82, 2.24) is 13.6 Å². The van der Waals surface area contributed by atoms with Gasteiger partial charge >= 0.3 is 0 Å². The number of carbonyl (C=O) groups excluding carboxylic acids is 1. The second-order valence-corrected chi connectivity index (χ2v) is 10.1. The van der Waals surface area contributed by atoms with Gasteiger partial charge in [-0.15, -0.1) is 4.37 Å². The Hall–Kier alpha value is -3.57. The van der Waals surface area contributed by atoms with Crippen LogP contribution in [0.15, 0.2) is 41.4 Å². The van der Waals surface area contributed by atoms with Gasteiger partial charge in [0.2, 0.25) is 18.1 Å². The van der Waals surface area contributed by atoms with E-state index < -0.39 is 11.1 Å². The van der Waals surface area contributed by atoms with Crippen LogP contribution < -0.4 is 20.3 Å². The quantitative estimate of drug-likeness (QED) is 0.370. The summed E-state index contributed by atoms with van der Waals surface area (Å²) in [4.78, 5) is 18.6. The first-order chi connectivity index (χ1) is 16.0. The maximum Gasteiger partial charge on any atom is 0.257 e. The van der Waals surface area contributed by atoms with E-state index in [4.69, 9.17) is 14.5 Å². The molecule has 1 amide bonds. The number of benzene rings is 2. The monoisotopic (exact) mass is 485 g/mol. The summed E-state index contributed by atoms with van der Waals surface area (Å²) in [6.07, 6.45) is 0. The highest BCUT2D eigenvalue weighted by Gasteiger charge is 2.29. The molecule has 2 heterocycles. The Balaban J connectivity index is 1.75. The number of H-pyrrole nitrogens is 1. The molecule has 0 saturated carbocycles. The minimum atomic E-state index is -1.74. The maximum absolute atomic E-state index is 12.4. The largest absolute Gasteiger partial charge is 0.548 e. The lowest BCUT2D eigenvalue weighted by atomic mass is 9.82. The Kier molecular flexibility index (Phi) is 6.24. The molecular weight excluding hydrogens is 458 g/mol. The Morgan fingerprint density at radius 1 is 1.26 bits per heavy atom. The summed E-state index contributed by atoms with van der Waals surface area (Å²) < 4.78 is 30.0. The summed E-state index contributed by atoms with van der Waals surface area (Å²) >= 11 is -1.74. The van der Waals surface area contributed by atoms with Gasteiger partial charge in [-0.3, -0.25) is 9.79 Å². The topological polar surface area (TPSA) is 135 Å². The number of hydrogen-bond acceptors (Lipinski definition) is 8. The minimum absolute atomic E-state index is 0.133. The number of phenolic OH excluding ortho intramolecular Hbond substituents is 1. The van der Waals surface area contributed by atoms with Gasteiger partial charge < -0.3 is 29.3 Å². The molecule has 10 nitrogen and oxygen atoms in total. The van der Waals surface area contributed by atoms with Crippen molar-refractivity contribution >= 4 is 28.6 Å². The third-order valence-corrected chi connectivity index (χ3v) is 6.02. The summed E-state index contributed by atoms with van der Waals surface area (Å²) in [5.74, 6) is 0.938. The number of amides is 1. The van der Waals surface area contributed by atoms with Crippen molar-refractivity contribution in [2.75, 3.05) is 26.2 Å². The molecule has 2 unspecified atom stereocenters. The van der Waals surface area contributed by atoms with E-state index in [1.54, 1.807) is 26.2 Å². The molecule has 34 heavy (non-hydrogen) atoms. The molecule has 1 aliphatic heterocycles. The van der Waals surface area contributed by atoms with Crippen LogP contribution in [0.2, 0.25) is 0 Å².